The van der Waals surface area contributed by atoms with Crippen molar-refractivity contribution in [3.63, 3.8) is 0 Å². The van der Waals surface area contributed by atoms with Gasteiger partial charge in [-0.3, -0.25) is 9.59 Å². The lowest BCUT2D eigenvalue weighted by molar-refractivity contribution is 0.0932. The normalized spacial score (nSPS) is 17.1. The lowest BCUT2D eigenvalue weighted by atomic mass is 9.95. The topological polar surface area (TPSA) is 77.1 Å². The molecule has 0 spiro atoms. The Hall–Kier alpha value is -3.03. The average Bonchev–Trinajstić information content (AvgIpc) is 3.17. The molecule has 0 radical (unpaired) electrons. The molecule has 2 aromatic heterocycles. The van der Waals surface area contributed by atoms with Crippen LogP contribution in [0.4, 0.5) is 8.78 Å². The predicted molar refractivity (Wildman–Crippen MR) is 93.5 cm³/mol. The number of amides is 1. The number of aryl methyl sites for hydroxylation is 1. The van der Waals surface area contributed by atoms with Gasteiger partial charge in [-0.15, -0.1) is 0 Å². The van der Waals surface area contributed by atoms with Crippen molar-refractivity contribution in [2.45, 2.75) is 38.8 Å². The van der Waals surface area contributed by atoms with Crippen LogP contribution in [0.2, 0.25) is 0 Å². The maximum atomic E-state index is 14.2. The van der Waals surface area contributed by atoms with Gasteiger partial charge in [-0.1, -0.05) is 5.16 Å². The predicted octanol–water partition coefficient (Wildman–Crippen LogP) is 3.27. The molecule has 1 amide bonds. The number of hydrogen-bond donors (Lipinski definition) is 1. The minimum Gasteiger partial charge on any atom is -0.359 e. The van der Waals surface area contributed by atoms with E-state index in [1.54, 1.807) is 17.6 Å². The van der Waals surface area contributed by atoms with Crippen LogP contribution >= 0.6 is 0 Å². The lowest BCUT2D eigenvalue weighted by Crippen LogP contribution is -2.33. The fourth-order valence-electron chi connectivity index (χ4n) is 3.57. The number of rotatable bonds is 3. The SMILES string of the molecule is C[C@@H]1CCc2c(F)c(F)cc3c(=O)c(C(=O)N[C@H](C)c4ccno4)cn1c23. The summed E-state index contributed by atoms with van der Waals surface area (Å²) >= 11 is 0. The fourth-order valence-corrected chi connectivity index (χ4v) is 3.57. The van der Waals surface area contributed by atoms with Crippen LogP contribution in [-0.2, 0) is 6.42 Å². The molecule has 3 heterocycles. The van der Waals surface area contributed by atoms with Crippen LogP contribution in [0.3, 0.4) is 0 Å². The van der Waals surface area contributed by atoms with Crippen LogP contribution in [0.15, 0.2) is 33.8 Å². The van der Waals surface area contributed by atoms with Gasteiger partial charge in [0, 0.05) is 29.3 Å². The standard InChI is InChI=1S/C19H17F2N3O3/c1-9-3-4-11-16(21)14(20)7-12-17(11)24(9)8-13(18(12)25)19(26)23-10(2)15-5-6-22-27-15/h5-10H,3-4H2,1-2H3,(H,23,26)/t9-,10-/m1/s1. The first kappa shape index (κ1) is 17.4. The highest BCUT2D eigenvalue weighted by atomic mass is 19.2. The van der Waals surface area contributed by atoms with Crippen LogP contribution in [0.5, 0.6) is 0 Å². The van der Waals surface area contributed by atoms with Crippen LogP contribution in [0.1, 0.15) is 54.0 Å². The van der Waals surface area contributed by atoms with Crippen molar-refractivity contribution in [2.24, 2.45) is 0 Å². The first-order valence-electron chi connectivity index (χ1n) is 8.65. The minimum atomic E-state index is -1.08. The molecule has 0 saturated carbocycles. The van der Waals surface area contributed by atoms with Crippen LogP contribution in [0, 0.1) is 11.6 Å². The molecule has 0 aliphatic carbocycles. The summed E-state index contributed by atoms with van der Waals surface area (Å²) in [6.07, 6.45) is 3.81. The molecule has 0 unspecified atom stereocenters. The van der Waals surface area contributed by atoms with Gasteiger partial charge in [0.15, 0.2) is 17.4 Å². The maximum Gasteiger partial charge on any atom is 0.257 e. The maximum absolute atomic E-state index is 14.2. The summed E-state index contributed by atoms with van der Waals surface area (Å²) in [7, 11) is 0. The molecule has 140 valence electrons. The van der Waals surface area contributed by atoms with Gasteiger partial charge >= 0.3 is 0 Å². The van der Waals surface area contributed by atoms with E-state index in [1.165, 1.54) is 12.4 Å². The second-order valence-corrected chi connectivity index (χ2v) is 6.82. The third-order valence-electron chi connectivity index (χ3n) is 5.07. The summed E-state index contributed by atoms with van der Waals surface area (Å²) in [6, 6.07) is 1.92. The third-order valence-corrected chi connectivity index (χ3v) is 5.07. The molecule has 2 atom stereocenters. The van der Waals surface area contributed by atoms with E-state index in [0.29, 0.717) is 24.1 Å². The van der Waals surface area contributed by atoms with Crippen molar-refractivity contribution in [2.75, 3.05) is 0 Å². The van der Waals surface area contributed by atoms with Gasteiger partial charge < -0.3 is 14.4 Å². The summed E-state index contributed by atoms with van der Waals surface area (Å²) in [5.74, 6) is -2.19. The molecular weight excluding hydrogens is 356 g/mol. The summed E-state index contributed by atoms with van der Waals surface area (Å²) in [5, 5.41) is 6.27. The number of hydrogen-bond acceptors (Lipinski definition) is 4. The summed E-state index contributed by atoms with van der Waals surface area (Å²) in [4.78, 5) is 25.5. The Bertz CT molecular complexity index is 1110. The quantitative estimate of drug-likeness (QED) is 0.764. The van der Waals surface area contributed by atoms with E-state index >= 15 is 0 Å². The highest BCUT2D eigenvalue weighted by Crippen LogP contribution is 2.32. The molecule has 0 bridgehead atoms. The highest BCUT2D eigenvalue weighted by Gasteiger charge is 2.27. The number of aromatic nitrogens is 2. The Kier molecular flexibility index (Phi) is 4.05. The number of carbonyl (C=O) groups excluding carboxylic acids is 1. The molecule has 0 fully saturated rings. The summed E-state index contributed by atoms with van der Waals surface area (Å²) < 4.78 is 34.9. The molecule has 1 aliphatic heterocycles. The van der Waals surface area contributed by atoms with E-state index in [2.05, 4.69) is 10.5 Å². The largest absolute Gasteiger partial charge is 0.359 e. The Morgan fingerprint density at radius 2 is 2.22 bits per heavy atom. The Morgan fingerprint density at radius 1 is 1.44 bits per heavy atom. The first-order valence-corrected chi connectivity index (χ1v) is 8.65. The van der Waals surface area contributed by atoms with Gasteiger partial charge in [-0.2, -0.15) is 0 Å². The second-order valence-electron chi connectivity index (χ2n) is 6.82. The minimum absolute atomic E-state index is 0.00965. The van der Waals surface area contributed by atoms with Crippen LogP contribution < -0.4 is 10.7 Å². The number of benzene rings is 1. The van der Waals surface area contributed by atoms with E-state index < -0.39 is 29.0 Å². The number of nitrogens with one attached hydrogen (secondary N) is 1. The van der Waals surface area contributed by atoms with Crippen molar-refractivity contribution in [3.05, 3.63) is 63.3 Å². The fraction of sp³-hybridized carbons (Fsp3) is 0.316. The summed E-state index contributed by atoms with van der Waals surface area (Å²) in [5.41, 5.74) is -0.211. The summed E-state index contributed by atoms with van der Waals surface area (Å²) in [6.45, 7) is 3.60. The number of halogens is 2. The Morgan fingerprint density at radius 3 is 2.93 bits per heavy atom. The third kappa shape index (κ3) is 2.72. The molecular formula is C19H17F2N3O3. The van der Waals surface area contributed by atoms with Crippen molar-refractivity contribution in [3.8, 4) is 0 Å². The molecule has 27 heavy (non-hydrogen) atoms. The van der Waals surface area contributed by atoms with Crippen molar-refractivity contribution >= 4 is 16.8 Å². The molecule has 8 heteroatoms. The molecule has 3 aromatic rings. The Labute approximate surface area is 152 Å². The molecule has 1 aromatic carbocycles. The molecule has 0 saturated heterocycles. The zero-order chi connectivity index (χ0) is 19.3. The van der Waals surface area contributed by atoms with Gasteiger partial charge in [-0.25, -0.2) is 8.78 Å². The molecule has 1 N–H and O–H groups in total. The average molecular weight is 373 g/mol. The first-order chi connectivity index (χ1) is 12.9. The van der Waals surface area contributed by atoms with E-state index in [4.69, 9.17) is 4.52 Å². The van der Waals surface area contributed by atoms with Crippen molar-refractivity contribution < 1.29 is 18.1 Å². The van der Waals surface area contributed by atoms with Crippen molar-refractivity contribution in [1.82, 2.24) is 15.0 Å². The zero-order valence-corrected chi connectivity index (χ0v) is 14.8. The second kappa shape index (κ2) is 6.29. The lowest BCUT2D eigenvalue weighted by Gasteiger charge is -2.27. The van der Waals surface area contributed by atoms with Crippen LogP contribution in [0.25, 0.3) is 10.9 Å². The van der Waals surface area contributed by atoms with Gasteiger partial charge in [0.1, 0.15) is 5.56 Å². The molecule has 4 rings (SSSR count). The highest BCUT2D eigenvalue weighted by molar-refractivity contribution is 5.98. The monoisotopic (exact) mass is 373 g/mol. The molecule has 1 aliphatic rings. The van der Waals surface area contributed by atoms with E-state index in [9.17, 15) is 18.4 Å². The van der Waals surface area contributed by atoms with Crippen LogP contribution in [-0.4, -0.2) is 15.6 Å². The van der Waals surface area contributed by atoms with Gasteiger partial charge in [-0.05, 0) is 32.8 Å². The Balaban J connectivity index is 1.85. The van der Waals surface area contributed by atoms with E-state index in [1.807, 2.05) is 6.92 Å². The number of carbonyl (C=O) groups is 1. The number of pyridine rings is 1. The van der Waals surface area contributed by atoms with E-state index in [0.717, 1.165) is 6.07 Å². The van der Waals surface area contributed by atoms with Gasteiger partial charge in [0.05, 0.1) is 17.8 Å². The zero-order valence-electron chi connectivity index (χ0n) is 14.8. The smallest absolute Gasteiger partial charge is 0.257 e. The van der Waals surface area contributed by atoms with Gasteiger partial charge in [0.25, 0.3) is 5.91 Å². The van der Waals surface area contributed by atoms with Gasteiger partial charge in [0.2, 0.25) is 5.43 Å². The number of nitrogens with zero attached hydrogens (tertiary/aromatic N) is 2. The van der Waals surface area contributed by atoms with E-state index in [-0.39, 0.29) is 22.6 Å². The van der Waals surface area contributed by atoms with Crippen molar-refractivity contribution in [1.29, 1.82) is 0 Å². The molecule has 6 nitrogen and oxygen atoms in total.